The summed E-state index contributed by atoms with van der Waals surface area (Å²) in [5, 5.41) is 2.98. The molecule has 0 bridgehead atoms. The number of rotatable bonds is 3. The fraction of sp³-hybridized carbons (Fsp3) is 0.300. The summed E-state index contributed by atoms with van der Waals surface area (Å²) >= 11 is 3.47. The molecule has 0 unspecified atom stereocenters. The zero-order valence-electron chi connectivity index (χ0n) is 15.2. The van der Waals surface area contributed by atoms with Crippen molar-refractivity contribution >= 4 is 44.6 Å². The molecule has 0 aliphatic carbocycles. The number of aryl methyl sites for hydroxylation is 1. The van der Waals surface area contributed by atoms with Crippen molar-refractivity contribution in [2.75, 3.05) is 36.4 Å². The number of amides is 2. The van der Waals surface area contributed by atoms with Crippen LogP contribution in [0.25, 0.3) is 11.0 Å². The standard InChI is InChI=1S/C20H22BrN5O/c1-2-26-18-10-6-5-9-17(18)22-19(26)24-11-13-25(14-12-24)20(27)23-16-8-4-3-7-15(16)21/h3-10H,2,11-14H2,1H3,(H,23,27). The molecule has 1 aromatic heterocycles. The SMILES string of the molecule is CCn1c(N2CCN(C(=O)Nc3ccccc3Br)CC2)nc2ccccc21. The molecule has 1 fully saturated rings. The Morgan fingerprint density at radius 1 is 1.07 bits per heavy atom. The second kappa shape index (κ2) is 7.60. The van der Waals surface area contributed by atoms with Gasteiger partial charge in [-0.2, -0.15) is 0 Å². The molecule has 2 aromatic carbocycles. The number of hydrogen-bond donors (Lipinski definition) is 1. The predicted octanol–water partition coefficient (Wildman–Crippen LogP) is 4.17. The van der Waals surface area contributed by atoms with Crippen molar-refractivity contribution in [2.24, 2.45) is 0 Å². The van der Waals surface area contributed by atoms with E-state index in [9.17, 15) is 4.79 Å². The van der Waals surface area contributed by atoms with E-state index in [1.54, 1.807) is 0 Å². The number of nitrogens with one attached hydrogen (secondary N) is 1. The minimum Gasteiger partial charge on any atom is -0.339 e. The van der Waals surface area contributed by atoms with Crippen molar-refractivity contribution in [3.63, 3.8) is 0 Å². The molecular formula is C20H22BrN5O. The lowest BCUT2D eigenvalue weighted by molar-refractivity contribution is 0.208. The lowest BCUT2D eigenvalue weighted by atomic mass is 10.3. The molecule has 0 saturated carbocycles. The highest BCUT2D eigenvalue weighted by Crippen LogP contribution is 2.24. The van der Waals surface area contributed by atoms with Crippen LogP contribution in [0.15, 0.2) is 53.0 Å². The minimum absolute atomic E-state index is 0.0643. The minimum atomic E-state index is -0.0643. The molecule has 140 valence electrons. The second-order valence-electron chi connectivity index (χ2n) is 6.53. The monoisotopic (exact) mass is 427 g/mol. The highest BCUT2D eigenvalue weighted by molar-refractivity contribution is 9.10. The number of aromatic nitrogens is 2. The van der Waals surface area contributed by atoms with Gasteiger partial charge in [0.15, 0.2) is 0 Å². The first-order valence-corrected chi connectivity index (χ1v) is 9.97. The first-order chi connectivity index (χ1) is 13.2. The predicted molar refractivity (Wildman–Crippen MR) is 112 cm³/mol. The van der Waals surface area contributed by atoms with E-state index >= 15 is 0 Å². The number of anilines is 2. The van der Waals surface area contributed by atoms with Gasteiger partial charge >= 0.3 is 6.03 Å². The van der Waals surface area contributed by atoms with E-state index in [-0.39, 0.29) is 6.03 Å². The maximum atomic E-state index is 12.6. The number of halogens is 1. The molecule has 0 spiro atoms. The lowest BCUT2D eigenvalue weighted by Gasteiger charge is -2.35. The van der Waals surface area contributed by atoms with Gasteiger partial charge in [-0.25, -0.2) is 9.78 Å². The normalized spacial score (nSPS) is 14.6. The quantitative estimate of drug-likeness (QED) is 0.681. The third kappa shape index (κ3) is 3.51. The number of urea groups is 1. The first-order valence-electron chi connectivity index (χ1n) is 9.18. The van der Waals surface area contributed by atoms with Crippen LogP contribution in [0.3, 0.4) is 0 Å². The molecule has 27 heavy (non-hydrogen) atoms. The molecule has 2 heterocycles. The largest absolute Gasteiger partial charge is 0.339 e. The van der Waals surface area contributed by atoms with Gasteiger partial charge in [0.1, 0.15) is 0 Å². The number of benzene rings is 2. The number of carbonyl (C=O) groups excluding carboxylic acids is 1. The topological polar surface area (TPSA) is 53.4 Å². The van der Waals surface area contributed by atoms with E-state index < -0.39 is 0 Å². The van der Waals surface area contributed by atoms with E-state index in [0.29, 0.717) is 13.1 Å². The molecule has 1 saturated heterocycles. The summed E-state index contributed by atoms with van der Waals surface area (Å²) < 4.78 is 3.13. The van der Waals surface area contributed by atoms with Crippen molar-refractivity contribution in [3.8, 4) is 0 Å². The van der Waals surface area contributed by atoms with Gasteiger partial charge in [-0.1, -0.05) is 24.3 Å². The van der Waals surface area contributed by atoms with Crippen LogP contribution >= 0.6 is 15.9 Å². The highest BCUT2D eigenvalue weighted by atomic mass is 79.9. The van der Waals surface area contributed by atoms with Crippen LogP contribution in [0.5, 0.6) is 0 Å². The summed E-state index contributed by atoms with van der Waals surface area (Å²) in [4.78, 5) is 21.5. The number of carbonyl (C=O) groups is 1. The number of hydrogen-bond acceptors (Lipinski definition) is 3. The maximum Gasteiger partial charge on any atom is 0.321 e. The van der Waals surface area contributed by atoms with Gasteiger partial charge in [-0.05, 0) is 47.1 Å². The zero-order chi connectivity index (χ0) is 18.8. The van der Waals surface area contributed by atoms with Gasteiger partial charge in [0.2, 0.25) is 5.95 Å². The first kappa shape index (κ1) is 17.9. The molecule has 3 aromatic rings. The lowest BCUT2D eigenvalue weighted by Crippen LogP contribution is -2.50. The van der Waals surface area contributed by atoms with Crippen LogP contribution in [-0.2, 0) is 6.54 Å². The number of imidazole rings is 1. The Hall–Kier alpha value is -2.54. The van der Waals surface area contributed by atoms with E-state index in [2.05, 4.69) is 43.7 Å². The Morgan fingerprint density at radius 3 is 2.52 bits per heavy atom. The summed E-state index contributed by atoms with van der Waals surface area (Å²) in [5.74, 6) is 0.990. The smallest absolute Gasteiger partial charge is 0.321 e. The van der Waals surface area contributed by atoms with Gasteiger partial charge < -0.3 is 19.7 Å². The molecule has 6 nitrogen and oxygen atoms in total. The Balaban J connectivity index is 1.45. The zero-order valence-corrected chi connectivity index (χ0v) is 16.8. The maximum absolute atomic E-state index is 12.6. The second-order valence-corrected chi connectivity index (χ2v) is 7.38. The summed E-state index contributed by atoms with van der Waals surface area (Å²) in [5.41, 5.74) is 2.96. The van der Waals surface area contributed by atoms with Crippen molar-refractivity contribution in [3.05, 3.63) is 53.0 Å². The molecule has 2 amide bonds. The third-order valence-corrected chi connectivity index (χ3v) is 5.61. The van der Waals surface area contributed by atoms with Crippen LogP contribution in [0.1, 0.15) is 6.92 Å². The fourth-order valence-electron chi connectivity index (χ4n) is 3.48. The van der Waals surface area contributed by atoms with Gasteiger partial charge in [0.25, 0.3) is 0 Å². The van der Waals surface area contributed by atoms with Gasteiger partial charge in [-0.3, -0.25) is 0 Å². The van der Waals surface area contributed by atoms with Crippen molar-refractivity contribution in [1.29, 1.82) is 0 Å². The molecule has 4 rings (SSSR count). The average molecular weight is 428 g/mol. The van der Waals surface area contributed by atoms with Gasteiger partial charge in [0.05, 0.1) is 16.7 Å². The molecule has 0 radical (unpaired) electrons. The van der Waals surface area contributed by atoms with Crippen LogP contribution in [0.4, 0.5) is 16.4 Å². The Morgan fingerprint density at radius 2 is 1.78 bits per heavy atom. The number of piperazine rings is 1. The summed E-state index contributed by atoms with van der Waals surface area (Å²) in [6.07, 6.45) is 0. The molecule has 1 N–H and O–H groups in total. The van der Waals surface area contributed by atoms with Crippen LogP contribution in [0.2, 0.25) is 0 Å². The number of fused-ring (bicyclic) bond motifs is 1. The van der Waals surface area contributed by atoms with Crippen molar-refractivity contribution < 1.29 is 4.79 Å². The highest BCUT2D eigenvalue weighted by Gasteiger charge is 2.24. The summed E-state index contributed by atoms with van der Waals surface area (Å²) in [7, 11) is 0. The third-order valence-electron chi connectivity index (χ3n) is 4.92. The number of nitrogens with zero attached hydrogens (tertiary/aromatic N) is 4. The van der Waals surface area contributed by atoms with Crippen molar-refractivity contribution in [1.82, 2.24) is 14.5 Å². The van der Waals surface area contributed by atoms with Crippen LogP contribution in [0, 0.1) is 0 Å². The number of para-hydroxylation sites is 3. The molecule has 1 aliphatic heterocycles. The summed E-state index contributed by atoms with van der Waals surface area (Å²) in [6, 6.07) is 15.8. The van der Waals surface area contributed by atoms with E-state index in [4.69, 9.17) is 4.98 Å². The Bertz CT molecular complexity index is 962. The molecule has 0 atom stereocenters. The van der Waals surface area contributed by atoms with E-state index in [1.165, 1.54) is 0 Å². The summed E-state index contributed by atoms with van der Waals surface area (Å²) in [6.45, 7) is 5.89. The van der Waals surface area contributed by atoms with E-state index in [1.807, 2.05) is 47.4 Å². The molecule has 1 aliphatic rings. The Kier molecular flexibility index (Phi) is 5.03. The fourth-order valence-corrected chi connectivity index (χ4v) is 3.87. The van der Waals surface area contributed by atoms with E-state index in [0.717, 1.165) is 46.8 Å². The average Bonchev–Trinajstić information content (AvgIpc) is 3.08. The van der Waals surface area contributed by atoms with Crippen LogP contribution < -0.4 is 10.2 Å². The molecular weight excluding hydrogens is 406 g/mol. The Labute approximate surface area is 166 Å². The van der Waals surface area contributed by atoms with Gasteiger partial charge in [-0.15, -0.1) is 0 Å². The van der Waals surface area contributed by atoms with Crippen LogP contribution in [-0.4, -0.2) is 46.7 Å². The van der Waals surface area contributed by atoms with Gasteiger partial charge in [0, 0.05) is 37.2 Å². The molecule has 7 heteroatoms. The van der Waals surface area contributed by atoms with Crippen molar-refractivity contribution in [2.45, 2.75) is 13.5 Å².